The molecule has 4 nitrogen and oxygen atoms in total. The molecule has 0 spiro atoms. The van der Waals surface area contributed by atoms with E-state index in [1.165, 1.54) is 7.11 Å². The molecule has 1 aliphatic heterocycles. The number of alkyl halides is 3. The Morgan fingerprint density at radius 1 is 1.12 bits per heavy atom. The van der Waals surface area contributed by atoms with Crippen molar-refractivity contribution in [3.63, 3.8) is 0 Å². The highest BCUT2D eigenvalue weighted by Crippen LogP contribution is 2.40. The molecule has 3 rings (SSSR count). The van der Waals surface area contributed by atoms with Crippen LogP contribution in [0.5, 0.6) is 5.75 Å². The zero-order chi connectivity index (χ0) is 18.9. The van der Waals surface area contributed by atoms with E-state index >= 15 is 0 Å². The quantitative estimate of drug-likeness (QED) is 0.731. The molecule has 8 heteroatoms. The predicted octanol–water partition coefficient (Wildman–Crippen LogP) is 4.03. The third kappa shape index (κ3) is 3.62. The van der Waals surface area contributed by atoms with Crippen molar-refractivity contribution in [2.75, 3.05) is 13.7 Å². The molecule has 1 unspecified atom stereocenters. The lowest BCUT2D eigenvalue weighted by molar-refractivity contribution is -0.0499. The van der Waals surface area contributed by atoms with Crippen molar-refractivity contribution in [3.05, 3.63) is 41.0 Å². The highest BCUT2D eigenvalue weighted by Gasteiger charge is 2.53. The summed E-state index contributed by atoms with van der Waals surface area (Å²) in [6.07, 6.45) is 4.05. The molecule has 1 heterocycles. The largest absolute Gasteiger partial charge is 0.511 e. The standard InChI is InChI=1S/C18H22F3NO3S/c1-25-15-8-6-13(7-9-15)12-17-16-5-3-2-4-14(16)10-11-22(17)26(23,24)18(19,20)21/h6-9,17H,2-5,10-12H2,1H3. The molecule has 0 fully saturated rings. The molecule has 1 aromatic rings. The zero-order valence-electron chi connectivity index (χ0n) is 14.6. The second kappa shape index (κ2) is 7.23. The van der Waals surface area contributed by atoms with Gasteiger partial charge in [0.05, 0.1) is 13.2 Å². The van der Waals surface area contributed by atoms with Crippen LogP contribution in [0.15, 0.2) is 35.4 Å². The van der Waals surface area contributed by atoms with E-state index < -0.39 is 21.6 Å². The average molecular weight is 389 g/mol. The number of hydrogen-bond acceptors (Lipinski definition) is 3. The molecule has 2 aliphatic rings. The lowest BCUT2D eigenvalue weighted by Crippen LogP contribution is -2.51. The maximum Gasteiger partial charge on any atom is 0.511 e. The fourth-order valence-electron chi connectivity index (χ4n) is 3.88. The van der Waals surface area contributed by atoms with Crippen LogP contribution in [0, 0.1) is 0 Å². The van der Waals surface area contributed by atoms with Gasteiger partial charge in [-0.3, -0.25) is 0 Å². The molecular formula is C18H22F3NO3S. The van der Waals surface area contributed by atoms with Gasteiger partial charge in [0, 0.05) is 6.54 Å². The number of sulfonamides is 1. The van der Waals surface area contributed by atoms with Crippen LogP contribution in [0.2, 0.25) is 0 Å². The first kappa shape index (κ1) is 19.2. The monoisotopic (exact) mass is 389 g/mol. The smallest absolute Gasteiger partial charge is 0.497 e. The van der Waals surface area contributed by atoms with Crippen LogP contribution in [0.3, 0.4) is 0 Å². The van der Waals surface area contributed by atoms with E-state index in [0.717, 1.165) is 36.0 Å². The molecule has 0 aromatic heterocycles. The van der Waals surface area contributed by atoms with Crippen molar-refractivity contribution >= 4 is 10.0 Å². The molecular weight excluding hydrogens is 367 g/mol. The van der Waals surface area contributed by atoms with Crippen LogP contribution >= 0.6 is 0 Å². The normalized spacial score (nSPS) is 22.2. The molecule has 0 bridgehead atoms. The molecule has 26 heavy (non-hydrogen) atoms. The second-order valence-corrected chi connectivity index (χ2v) is 8.60. The topological polar surface area (TPSA) is 46.6 Å². The van der Waals surface area contributed by atoms with Crippen molar-refractivity contribution in [3.8, 4) is 5.75 Å². The van der Waals surface area contributed by atoms with Gasteiger partial charge in [0.25, 0.3) is 0 Å². The Bertz CT molecular complexity index is 785. The van der Waals surface area contributed by atoms with Crippen molar-refractivity contribution < 1.29 is 26.3 Å². The number of halogens is 3. The van der Waals surface area contributed by atoms with Gasteiger partial charge in [0.2, 0.25) is 0 Å². The fraction of sp³-hybridized carbons (Fsp3) is 0.556. The molecule has 0 N–H and O–H groups in total. The molecule has 0 amide bonds. The minimum absolute atomic E-state index is 0.110. The fourth-order valence-corrected chi connectivity index (χ4v) is 5.02. The average Bonchev–Trinajstić information content (AvgIpc) is 2.61. The van der Waals surface area contributed by atoms with Crippen LogP contribution in [0.1, 0.15) is 37.7 Å². The number of benzene rings is 1. The first-order valence-corrected chi connectivity index (χ1v) is 10.1. The minimum atomic E-state index is -5.36. The van der Waals surface area contributed by atoms with Gasteiger partial charge < -0.3 is 4.74 Å². The van der Waals surface area contributed by atoms with E-state index in [-0.39, 0.29) is 13.0 Å². The summed E-state index contributed by atoms with van der Waals surface area (Å²) in [5, 5.41) is 0. The number of rotatable bonds is 4. The molecule has 0 saturated carbocycles. The molecule has 1 atom stereocenters. The third-order valence-corrected chi connectivity index (χ3v) is 6.84. The number of ether oxygens (including phenoxy) is 1. The summed E-state index contributed by atoms with van der Waals surface area (Å²) in [5.74, 6) is 0.648. The Hall–Kier alpha value is -1.54. The van der Waals surface area contributed by atoms with Crippen molar-refractivity contribution in [2.45, 2.75) is 50.1 Å². The SMILES string of the molecule is COc1ccc(CC2C3=C(CCCC3)CCN2S(=O)(=O)C(F)(F)F)cc1. The van der Waals surface area contributed by atoms with Crippen LogP contribution in [-0.2, 0) is 16.4 Å². The summed E-state index contributed by atoms with van der Waals surface area (Å²) < 4.78 is 69.6. The Morgan fingerprint density at radius 2 is 1.77 bits per heavy atom. The van der Waals surface area contributed by atoms with E-state index in [0.29, 0.717) is 22.9 Å². The molecule has 0 radical (unpaired) electrons. The van der Waals surface area contributed by atoms with E-state index in [4.69, 9.17) is 4.74 Å². The van der Waals surface area contributed by atoms with Gasteiger partial charge in [-0.05, 0) is 56.2 Å². The number of hydrogen-bond donors (Lipinski definition) is 0. The minimum Gasteiger partial charge on any atom is -0.497 e. The Labute approximate surface area is 151 Å². The second-order valence-electron chi connectivity index (χ2n) is 6.72. The Kier molecular flexibility index (Phi) is 5.35. The van der Waals surface area contributed by atoms with Crippen LogP contribution in [-0.4, -0.2) is 37.9 Å². The van der Waals surface area contributed by atoms with Crippen molar-refractivity contribution in [1.82, 2.24) is 4.31 Å². The van der Waals surface area contributed by atoms with Gasteiger partial charge in [-0.15, -0.1) is 0 Å². The van der Waals surface area contributed by atoms with Crippen LogP contribution in [0.4, 0.5) is 13.2 Å². The summed E-state index contributed by atoms with van der Waals surface area (Å²) in [6, 6.07) is 6.25. The van der Waals surface area contributed by atoms with Crippen molar-refractivity contribution in [2.24, 2.45) is 0 Å². The maximum absolute atomic E-state index is 13.2. The highest BCUT2D eigenvalue weighted by atomic mass is 32.2. The number of methoxy groups -OCH3 is 1. The highest BCUT2D eigenvalue weighted by molar-refractivity contribution is 7.90. The summed E-state index contributed by atoms with van der Waals surface area (Å²) in [7, 11) is -3.82. The van der Waals surface area contributed by atoms with Crippen molar-refractivity contribution in [1.29, 1.82) is 0 Å². The van der Waals surface area contributed by atoms with Gasteiger partial charge >= 0.3 is 15.5 Å². The van der Waals surface area contributed by atoms with Gasteiger partial charge in [-0.25, -0.2) is 8.42 Å². The van der Waals surface area contributed by atoms with Crippen LogP contribution < -0.4 is 4.74 Å². The predicted molar refractivity (Wildman–Crippen MR) is 92.3 cm³/mol. The van der Waals surface area contributed by atoms with Gasteiger partial charge in [0.15, 0.2) is 0 Å². The van der Waals surface area contributed by atoms with E-state index in [1.807, 2.05) is 0 Å². The van der Waals surface area contributed by atoms with E-state index in [9.17, 15) is 21.6 Å². The zero-order valence-corrected chi connectivity index (χ0v) is 15.4. The Morgan fingerprint density at radius 3 is 2.38 bits per heavy atom. The summed E-state index contributed by atoms with van der Waals surface area (Å²) in [4.78, 5) is 0. The van der Waals surface area contributed by atoms with E-state index in [1.54, 1.807) is 24.3 Å². The van der Waals surface area contributed by atoms with Gasteiger partial charge in [-0.1, -0.05) is 23.3 Å². The van der Waals surface area contributed by atoms with Gasteiger partial charge in [0.1, 0.15) is 5.75 Å². The first-order valence-electron chi connectivity index (χ1n) is 8.66. The lowest BCUT2D eigenvalue weighted by atomic mass is 9.81. The van der Waals surface area contributed by atoms with Gasteiger partial charge in [-0.2, -0.15) is 17.5 Å². The number of nitrogens with zero attached hydrogens (tertiary/aromatic N) is 1. The van der Waals surface area contributed by atoms with Crippen LogP contribution in [0.25, 0.3) is 0 Å². The molecule has 0 saturated heterocycles. The third-order valence-electron chi connectivity index (χ3n) is 5.20. The molecule has 1 aromatic carbocycles. The maximum atomic E-state index is 13.2. The summed E-state index contributed by atoms with van der Waals surface area (Å²) in [5.41, 5.74) is -2.47. The summed E-state index contributed by atoms with van der Waals surface area (Å²) in [6.45, 7) is -0.110. The molecule has 1 aliphatic carbocycles. The van der Waals surface area contributed by atoms with E-state index in [2.05, 4.69) is 0 Å². The first-order chi connectivity index (χ1) is 12.2. The molecule has 144 valence electrons. The Balaban J connectivity index is 1.97. The summed E-state index contributed by atoms with van der Waals surface area (Å²) >= 11 is 0. The lowest BCUT2D eigenvalue weighted by Gasteiger charge is -2.40.